The van der Waals surface area contributed by atoms with Gasteiger partial charge in [-0.25, -0.2) is 9.78 Å². The maximum absolute atomic E-state index is 10.7. The zero-order valence-electron chi connectivity index (χ0n) is 8.34. The Kier molecular flexibility index (Phi) is 2.32. The third-order valence-corrected chi connectivity index (χ3v) is 2.49. The van der Waals surface area contributed by atoms with Gasteiger partial charge in [0.15, 0.2) is 0 Å². The van der Waals surface area contributed by atoms with Crippen molar-refractivity contribution in [3.8, 4) is 0 Å². The smallest absolute Gasteiger partial charge is 0.337 e. The molecule has 1 aliphatic rings. The van der Waals surface area contributed by atoms with Gasteiger partial charge in [0.2, 0.25) is 0 Å². The van der Waals surface area contributed by atoms with Crippen molar-refractivity contribution in [2.75, 3.05) is 18.0 Å². The van der Waals surface area contributed by atoms with Gasteiger partial charge in [0.1, 0.15) is 5.82 Å². The van der Waals surface area contributed by atoms with Crippen molar-refractivity contribution < 1.29 is 15.0 Å². The van der Waals surface area contributed by atoms with Crippen LogP contribution in [0.4, 0.5) is 5.82 Å². The van der Waals surface area contributed by atoms with Gasteiger partial charge in [-0.15, -0.1) is 0 Å². The van der Waals surface area contributed by atoms with Gasteiger partial charge in [0.25, 0.3) is 0 Å². The quantitative estimate of drug-likeness (QED) is 0.729. The molecule has 1 aromatic rings. The van der Waals surface area contributed by atoms with Crippen LogP contribution in [0.3, 0.4) is 0 Å². The fraction of sp³-hybridized carbons (Fsp3) is 0.400. The van der Waals surface area contributed by atoms with Crippen LogP contribution in [0.2, 0.25) is 0 Å². The van der Waals surface area contributed by atoms with Crippen LogP contribution >= 0.6 is 0 Å². The van der Waals surface area contributed by atoms with Crippen molar-refractivity contribution in [2.24, 2.45) is 0 Å². The Morgan fingerprint density at radius 3 is 2.67 bits per heavy atom. The number of carboxylic acids is 1. The number of carbonyl (C=O) groups is 1. The average Bonchev–Trinajstić information content (AvgIpc) is 2.12. The molecule has 1 aliphatic heterocycles. The number of nitrogens with zero attached hydrogens (tertiary/aromatic N) is 2. The highest BCUT2D eigenvalue weighted by molar-refractivity contribution is 5.89. The lowest BCUT2D eigenvalue weighted by Crippen LogP contribution is -2.51. The van der Waals surface area contributed by atoms with Crippen LogP contribution in [0.1, 0.15) is 16.1 Å². The highest BCUT2D eigenvalue weighted by atomic mass is 16.4. The van der Waals surface area contributed by atoms with Crippen LogP contribution < -0.4 is 4.90 Å². The predicted octanol–water partition coefficient (Wildman–Crippen LogP) is 0.269. The van der Waals surface area contributed by atoms with E-state index in [1.54, 1.807) is 19.1 Å². The molecule has 1 fully saturated rings. The number of aryl methyl sites for hydroxylation is 1. The standard InChI is InChI=1S/C10H12N2O3/c1-6-8(10(14)15)2-3-9(11-6)12-4-7(13)5-12/h2-3,7,13H,4-5H2,1H3,(H,14,15). The molecule has 1 aromatic heterocycles. The number of β-amino-alcohol motifs (C(OH)–C–C–N with tert-alkyl or cyclic N) is 1. The fourth-order valence-corrected chi connectivity index (χ4v) is 1.59. The van der Waals surface area contributed by atoms with Gasteiger partial charge in [-0.05, 0) is 19.1 Å². The topological polar surface area (TPSA) is 73.7 Å². The van der Waals surface area contributed by atoms with Crippen LogP contribution in [0, 0.1) is 6.92 Å². The molecule has 5 heteroatoms. The Hall–Kier alpha value is -1.62. The number of aromatic nitrogens is 1. The summed E-state index contributed by atoms with van der Waals surface area (Å²) in [6.45, 7) is 2.81. The van der Waals surface area contributed by atoms with Crippen LogP contribution in [0.5, 0.6) is 0 Å². The number of aliphatic hydroxyl groups excluding tert-OH is 1. The van der Waals surface area contributed by atoms with Gasteiger partial charge in [-0.2, -0.15) is 0 Å². The lowest BCUT2D eigenvalue weighted by atomic mass is 10.1. The fourth-order valence-electron chi connectivity index (χ4n) is 1.59. The van der Waals surface area contributed by atoms with Gasteiger partial charge in [-0.3, -0.25) is 0 Å². The van der Waals surface area contributed by atoms with Crippen molar-refractivity contribution in [3.63, 3.8) is 0 Å². The van der Waals surface area contributed by atoms with E-state index >= 15 is 0 Å². The van der Waals surface area contributed by atoms with Crippen molar-refractivity contribution in [2.45, 2.75) is 13.0 Å². The van der Waals surface area contributed by atoms with Crippen molar-refractivity contribution in [1.82, 2.24) is 4.98 Å². The van der Waals surface area contributed by atoms with Gasteiger partial charge in [-0.1, -0.05) is 0 Å². The summed E-state index contributed by atoms with van der Waals surface area (Å²) in [6, 6.07) is 3.22. The molecule has 0 aromatic carbocycles. The Labute approximate surface area is 87.0 Å². The predicted molar refractivity (Wildman–Crippen MR) is 54.2 cm³/mol. The van der Waals surface area contributed by atoms with E-state index in [1.807, 2.05) is 4.90 Å². The minimum atomic E-state index is -0.963. The minimum absolute atomic E-state index is 0.222. The molecule has 0 amide bonds. The summed E-state index contributed by atoms with van der Waals surface area (Å²) in [5, 5.41) is 17.9. The first-order valence-corrected chi connectivity index (χ1v) is 4.72. The van der Waals surface area contributed by atoms with Gasteiger partial charge < -0.3 is 15.1 Å². The zero-order chi connectivity index (χ0) is 11.0. The number of aromatic carboxylic acids is 1. The molecule has 80 valence electrons. The molecule has 2 N–H and O–H groups in total. The molecule has 0 unspecified atom stereocenters. The molecule has 0 bridgehead atoms. The summed E-state index contributed by atoms with van der Waals surface area (Å²) in [7, 11) is 0. The lowest BCUT2D eigenvalue weighted by Gasteiger charge is -2.37. The molecular weight excluding hydrogens is 196 g/mol. The third-order valence-electron chi connectivity index (χ3n) is 2.49. The van der Waals surface area contributed by atoms with Crippen LogP contribution in [-0.4, -0.2) is 40.4 Å². The number of anilines is 1. The monoisotopic (exact) mass is 208 g/mol. The maximum Gasteiger partial charge on any atom is 0.337 e. The highest BCUT2D eigenvalue weighted by Crippen LogP contribution is 2.20. The summed E-state index contributed by atoms with van der Waals surface area (Å²) in [4.78, 5) is 16.8. The number of carboxylic acid groups (broad SMARTS) is 1. The summed E-state index contributed by atoms with van der Waals surface area (Å²) in [6.07, 6.45) is -0.286. The second-order valence-corrected chi connectivity index (χ2v) is 3.67. The largest absolute Gasteiger partial charge is 0.478 e. The second-order valence-electron chi connectivity index (χ2n) is 3.67. The Morgan fingerprint density at radius 1 is 1.53 bits per heavy atom. The molecule has 0 aliphatic carbocycles. The van der Waals surface area contributed by atoms with Crippen molar-refractivity contribution >= 4 is 11.8 Å². The highest BCUT2D eigenvalue weighted by Gasteiger charge is 2.25. The Morgan fingerprint density at radius 2 is 2.20 bits per heavy atom. The summed E-state index contributed by atoms with van der Waals surface area (Å²) in [5.41, 5.74) is 0.723. The zero-order valence-corrected chi connectivity index (χ0v) is 8.34. The molecule has 5 nitrogen and oxygen atoms in total. The number of hydrogen-bond donors (Lipinski definition) is 2. The molecule has 0 spiro atoms. The molecule has 0 radical (unpaired) electrons. The van der Waals surface area contributed by atoms with Gasteiger partial charge in [0, 0.05) is 13.1 Å². The van der Waals surface area contributed by atoms with E-state index in [0.717, 1.165) is 5.82 Å². The Bertz CT molecular complexity index is 400. The van der Waals surface area contributed by atoms with Crippen LogP contribution in [-0.2, 0) is 0 Å². The maximum atomic E-state index is 10.7. The number of rotatable bonds is 2. The van der Waals surface area contributed by atoms with E-state index in [-0.39, 0.29) is 11.7 Å². The molecule has 0 atom stereocenters. The average molecular weight is 208 g/mol. The van der Waals surface area contributed by atoms with E-state index in [0.29, 0.717) is 18.8 Å². The number of aliphatic hydroxyl groups is 1. The summed E-state index contributed by atoms with van der Waals surface area (Å²) < 4.78 is 0. The molecule has 0 saturated carbocycles. The van der Waals surface area contributed by atoms with E-state index < -0.39 is 5.97 Å². The van der Waals surface area contributed by atoms with Crippen molar-refractivity contribution in [1.29, 1.82) is 0 Å². The second kappa shape index (κ2) is 3.51. The SMILES string of the molecule is Cc1nc(N2CC(O)C2)ccc1C(=O)O. The Balaban J connectivity index is 2.22. The van der Waals surface area contributed by atoms with Crippen LogP contribution in [0.15, 0.2) is 12.1 Å². The molecule has 2 rings (SSSR count). The van der Waals surface area contributed by atoms with Gasteiger partial charge >= 0.3 is 5.97 Å². The number of hydrogen-bond acceptors (Lipinski definition) is 4. The van der Waals surface area contributed by atoms with Gasteiger partial charge in [0.05, 0.1) is 17.4 Å². The molecule has 15 heavy (non-hydrogen) atoms. The van der Waals surface area contributed by atoms with E-state index in [1.165, 1.54) is 0 Å². The minimum Gasteiger partial charge on any atom is -0.478 e. The first-order chi connectivity index (χ1) is 7.08. The normalized spacial score (nSPS) is 16.3. The number of pyridine rings is 1. The van der Waals surface area contributed by atoms with Crippen LogP contribution in [0.25, 0.3) is 0 Å². The molecular formula is C10H12N2O3. The molecule has 1 saturated heterocycles. The third kappa shape index (κ3) is 1.78. The van der Waals surface area contributed by atoms with E-state index in [4.69, 9.17) is 10.2 Å². The van der Waals surface area contributed by atoms with E-state index in [2.05, 4.69) is 4.98 Å². The summed E-state index contributed by atoms with van der Waals surface area (Å²) >= 11 is 0. The van der Waals surface area contributed by atoms with Crippen molar-refractivity contribution in [3.05, 3.63) is 23.4 Å². The lowest BCUT2D eigenvalue weighted by molar-refractivity contribution is 0.0695. The molecule has 2 heterocycles. The first-order valence-electron chi connectivity index (χ1n) is 4.72. The van der Waals surface area contributed by atoms with E-state index in [9.17, 15) is 4.79 Å². The summed E-state index contributed by atoms with van der Waals surface area (Å²) in [5.74, 6) is -0.238. The first kappa shape index (κ1) is 9.92.